The van der Waals surface area contributed by atoms with Crippen LogP contribution in [0, 0.1) is 0 Å². The summed E-state index contributed by atoms with van der Waals surface area (Å²) in [6, 6.07) is 14.7. The Morgan fingerprint density at radius 2 is 1.86 bits per heavy atom. The maximum Gasteiger partial charge on any atom is 0.329 e. The monoisotopic (exact) mass is 474 g/mol. The molecule has 4 aromatic rings. The standard InChI is InChI=1S/C28H34N4O3/c1-30(2)14-5-15-35-22-10-6-19(7-11-22)20-8-13-25-24(16-20)27-26(18-29-25)31(3)28(33)32(27)21-9-12-23(17-21)34-4/h6-8,10-11,13,16,18,21,23H,5,9,12,14-15,17H2,1-4H3/t21-,23-/m0/s1. The molecule has 1 saturated carbocycles. The molecule has 0 aliphatic heterocycles. The number of hydrogen-bond donors (Lipinski definition) is 0. The molecular formula is C28H34N4O3. The van der Waals surface area contributed by atoms with Crippen LogP contribution in [0.2, 0.25) is 0 Å². The lowest BCUT2D eigenvalue weighted by Crippen LogP contribution is -2.25. The Morgan fingerprint density at radius 3 is 2.57 bits per heavy atom. The van der Waals surface area contributed by atoms with Crippen LogP contribution in [0.3, 0.4) is 0 Å². The summed E-state index contributed by atoms with van der Waals surface area (Å²) in [4.78, 5) is 20.1. The highest BCUT2D eigenvalue weighted by Crippen LogP contribution is 2.36. The van der Waals surface area contributed by atoms with Crippen molar-refractivity contribution in [3.63, 3.8) is 0 Å². The van der Waals surface area contributed by atoms with Gasteiger partial charge in [-0.25, -0.2) is 4.79 Å². The third kappa shape index (κ3) is 4.58. The zero-order valence-electron chi connectivity index (χ0n) is 21.0. The highest BCUT2D eigenvalue weighted by Gasteiger charge is 2.29. The zero-order chi connectivity index (χ0) is 24.5. The van der Waals surface area contributed by atoms with Gasteiger partial charge in [0.25, 0.3) is 0 Å². The second-order valence-corrected chi connectivity index (χ2v) is 9.79. The van der Waals surface area contributed by atoms with E-state index in [1.165, 1.54) is 0 Å². The molecule has 2 heterocycles. The Kier molecular flexibility index (Phi) is 6.62. The summed E-state index contributed by atoms with van der Waals surface area (Å²) < 4.78 is 15.2. The minimum Gasteiger partial charge on any atom is -0.494 e. The van der Waals surface area contributed by atoms with Gasteiger partial charge in [-0.2, -0.15) is 0 Å². The molecule has 7 heteroatoms. The summed E-state index contributed by atoms with van der Waals surface area (Å²) in [6.45, 7) is 1.71. The number of nitrogens with zero attached hydrogens (tertiary/aromatic N) is 4. The molecule has 1 fully saturated rings. The Balaban J connectivity index is 1.50. The first-order valence-electron chi connectivity index (χ1n) is 12.4. The van der Waals surface area contributed by atoms with Crippen molar-refractivity contribution >= 4 is 21.9 Å². The normalized spacial score (nSPS) is 18.2. The SMILES string of the molecule is CO[C@H]1CC[C@H](n2c(=O)n(C)c3cnc4ccc(-c5ccc(OCCCN(C)C)cc5)cc4c32)C1. The van der Waals surface area contributed by atoms with Gasteiger partial charge >= 0.3 is 5.69 Å². The predicted octanol–water partition coefficient (Wildman–Crippen LogP) is 4.63. The molecule has 2 aromatic heterocycles. The van der Waals surface area contributed by atoms with Crippen molar-refractivity contribution in [1.29, 1.82) is 0 Å². The lowest BCUT2D eigenvalue weighted by atomic mass is 10.0. The van der Waals surface area contributed by atoms with E-state index < -0.39 is 0 Å². The molecule has 2 atom stereocenters. The van der Waals surface area contributed by atoms with E-state index in [1.807, 2.05) is 36.0 Å². The topological polar surface area (TPSA) is 61.5 Å². The second kappa shape index (κ2) is 9.84. The van der Waals surface area contributed by atoms with E-state index in [-0.39, 0.29) is 17.8 Å². The Labute approximate surface area is 205 Å². The van der Waals surface area contributed by atoms with Gasteiger partial charge in [0.2, 0.25) is 0 Å². The molecule has 0 unspecified atom stereocenters. The smallest absolute Gasteiger partial charge is 0.329 e. The Hall–Kier alpha value is -3.16. The molecule has 0 N–H and O–H groups in total. The van der Waals surface area contributed by atoms with Crippen LogP contribution in [0.15, 0.2) is 53.5 Å². The van der Waals surface area contributed by atoms with Crippen molar-refractivity contribution in [2.45, 2.75) is 37.8 Å². The van der Waals surface area contributed by atoms with Gasteiger partial charge in [0.05, 0.1) is 35.5 Å². The molecular weight excluding hydrogens is 440 g/mol. The molecule has 0 amide bonds. The van der Waals surface area contributed by atoms with E-state index in [9.17, 15) is 4.79 Å². The molecule has 35 heavy (non-hydrogen) atoms. The fourth-order valence-corrected chi connectivity index (χ4v) is 5.23. The first-order chi connectivity index (χ1) is 17.0. The van der Waals surface area contributed by atoms with Gasteiger partial charge in [-0.05, 0) is 75.2 Å². The van der Waals surface area contributed by atoms with E-state index in [4.69, 9.17) is 9.47 Å². The van der Waals surface area contributed by atoms with Crippen molar-refractivity contribution in [2.75, 3.05) is 34.4 Å². The van der Waals surface area contributed by atoms with Crippen LogP contribution in [0.4, 0.5) is 0 Å². The first kappa shape index (κ1) is 23.6. The lowest BCUT2D eigenvalue weighted by molar-refractivity contribution is 0.106. The Bertz CT molecular complexity index is 1390. The van der Waals surface area contributed by atoms with Crippen LogP contribution < -0.4 is 10.4 Å². The summed E-state index contributed by atoms with van der Waals surface area (Å²) in [5, 5.41) is 1.00. The van der Waals surface area contributed by atoms with Crippen molar-refractivity contribution < 1.29 is 9.47 Å². The van der Waals surface area contributed by atoms with Crippen LogP contribution >= 0.6 is 0 Å². The molecule has 5 rings (SSSR count). The number of benzene rings is 2. The van der Waals surface area contributed by atoms with Crippen molar-refractivity contribution in [2.24, 2.45) is 7.05 Å². The van der Waals surface area contributed by atoms with E-state index in [0.29, 0.717) is 6.61 Å². The van der Waals surface area contributed by atoms with E-state index >= 15 is 0 Å². The summed E-state index contributed by atoms with van der Waals surface area (Å²) in [5.74, 6) is 0.878. The van der Waals surface area contributed by atoms with Gasteiger partial charge in [-0.1, -0.05) is 18.2 Å². The highest BCUT2D eigenvalue weighted by molar-refractivity contribution is 6.04. The molecule has 184 valence electrons. The molecule has 7 nitrogen and oxygen atoms in total. The van der Waals surface area contributed by atoms with Crippen molar-refractivity contribution in [1.82, 2.24) is 19.0 Å². The maximum absolute atomic E-state index is 13.3. The molecule has 0 bridgehead atoms. The van der Waals surface area contributed by atoms with Gasteiger partial charge in [-0.3, -0.25) is 14.1 Å². The van der Waals surface area contributed by atoms with Crippen LogP contribution in [-0.4, -0.2) is 59.5 Å². The number of imidazole rings is 1. The van der Waals surface area contributed by atoms with Gasteiger partial charge in [0.15, 0.2) is 0 Å². The Morgan fingerprint density at radius 1 is 1.09 bits per heavy atom. The minimum absolute atomic E-state index is 0.0113. The van der Waals surface area contributed by atoms with Gasteiger partial charge in [-0.15, -0.1) is 0 Å². The number of aryl methyl sites for hydroxylation is 1. The van der Waals surface area contributed by atoms with Crippen LogP contribution in [-0.2, 0) is 11.8 Å². The van der Waals surface area contributed by atoms with Crippen LogP contribution in [0.5, 0.6) is 5.75 Å². The predicted molar refractivity (Wildman–Crippen MR) is 140 cm³/mol. The molecule has 1 aliphatic carbocycles. The number of rotatable bonds is 8. The fraction of sp³-hybridized carbons (Fsp3) is 0.429. The van der Waals surface area contributed by atoms with E-state index in [2.05, 4.69) is 48.2 Å². The van der Waals surface area contributed by atoms with Gasteiger partial charge in [0.1, 0.15) is 5.75 Å². The van der Waals surface area contributed by atoms with Crippen molar-refractivity contribution in [3.05, 3.63) is 59.1 Å². The number of fused-ring (bicyclic) bond motifs is 3. The first-order valence-corrected chi connectivity index (χ1v) is 12.4. The highest BCUT2D eigenvalue weighted by atomic mass is 16.5. The van der Waals surface area contributed by atoms with Crippen molar-refractivity contribution in [3.8, 4) is 16.9 Å². The molecule has 0 saturated heterocycles. The third-order valence-electron chi connectivity index (χ3n) is 7.18. The summed E-state index contributed by atoms with van der Waals surface area (Å²) in [6.07, 6.45) is 5.79. The number of hydrogen-bond acceptors (Lipinski definition) is 5. The number of methoxy groups -OCH3 is 1. The van der Waals surface area contributed by atoms with Crippen LogP contribution in [0.1, 0.15) is 31.7 Å². The summed E-state index contributed by atoms with van der Waals surface area (Å²) in [5.41, 5.74) is 4.93. The van der Waals surface area contributed by atoms with E-state index in [0.717, 1.165) is 71.0 Å². The number of ether oxygens (including phenoxy) is 2. The summed E-state index contributed by atoms with van der Waals surface area (Å²) in [7, 11) is 7.73. The molecule has 2 aromatic carbocycles. The minimum atomic E-state index is 0.0113. The molecule has 1 aliphatic rings. The maximum atomic E-state index is 13.3. The fourth-order valence-electron chi connectivity index (χ4n) is 5.23. The average molecular weight is 475 g/mol. The van der Waals surface area contributed by atoms with Gasteiger partial charge in [0, 0.05) is 32.1 Å². The van der Waals surface area contributed by atoms with E-state index in [1.54, 1.807) is 11.7 Å². The third-order valence-corrected chi connectivity index (χ3v) is 7.18. The average Bonchev–Trinajstić information content (AvgIpc) is 3.44. The quantitative estimate of drug-likeness (QED) is 0.349. The van der Waals surface area contributed by atoms with Crippen LogP contribution in [0.25, 0.3) is 33.1 Å². The largest absolute Gasteiger partial charge is 0.494 e. The summed E-state index contributed by atoms with van der Waals surface area (Å²) >= 11 is 0. The zero-order valence-corrected chi connectivity index (χ0v) is 21.0. The number of aromatic nitrogens is 3. The molecule has 0 spiro atoms. The second-order valence-electron chi connectivity index (χ2n) is 9.79. The molecule has 0 radical (unpaired) electrons. The van der Waals surface area contributed by atoms with Gasteiger partial charge < -0.3 is 14.4 Å². The lowest BCUT2D eigenvalue weighted by Gasteiger charge is -2.14. The number of pyridine rings is 1.